The van der Waals surface area contributed by atoms with Crippen molar-refractivity contribution < 1.29 is 22.7 Å². The Bertz CT molecular complexity index is 1020. The summed E-state index contributed by atoms with van der Waals surface area (Å²) in [7, 11) is -0.522. The van der Waals surface area contributed by atoms with Gasteiger partial charge < -0.3 is 14.4 Å². The fourth-order valence-corrected chi connectivity index (χ4v) is 5.19. The van der Waals surface area contributed by atoms with Crippen LogP contribution >= 0.6 is 0 Å². The van der Waals surface area contributed by atoms with Gasteiger partial charge in [0.15, 0.2) is 11.5 Å². The van der Waals surface area contributed by atoms with Crippen molar-refractivity contribution in [2.75, 3.05) is 20.8 Å². The van der Waals surface area contributed by atoms with E-state index in [0.29, 0.717) is 30.2 Å². The number of nitrogens with one attached hydrogen (secondary N) is 1. The Morgan fingerprint density at radius 2 is 1.77 bits per heavy atom. The highest BCUT2D eigenvalue weighted by molar-refractivity contribution is 7.89. The van der Waals surface area contributed by atoms with Crippen molar-refractivity contribution in [2.45, 2.75) is 50.1 Å². The van der Waals surface area contributed by atoms with Gasteiger partial charge in [-0.1, -0.05) is 25.0 Å². The molecule has 0 heterocycles. The molecular weight excluding hydrogens is 416 g/mol. The molecule has 8 heteroatoms. The number of sulfonamides is 1. The summed E-state index contributed by atoms with van der Waals surface area (Å²) in [5.74, 6) is 0.984. The molecule has 1 N–H and O–H groups in total. The van der Waals surface area contributed by atoms with E-state index in [0.717, 1.165) is 31.2 Å². The number of benzene rings is 2. The molecule has 3 rings (SSSR count). The van der Waals surface area contributed by atoms with E-state index in [1.54, 1.807) is 37.3 Å². The maximum atomic E-state index is 13.1. The SMILES string of the molecule is CCN(Cc1ccc(OC)c(OC)c1)C(=O)c1cccc(S(=O)(=O)NC2CCCC2)c1. The third-order valence-electron chi connectivity index (χ3n) is 5.56. The van der Waals surface area contributed by atoms with Gasteiger partial charge in [-0.05, 0) is 55.7 Å². The standard InChI is InChI=1S/C23H30N2O5S/c1-4-25(16-17-12-13-21(29-2)22(14-17)30-3)23(26)18-8-7-11-20(15-18)31(27,28)24-19-9-5-6-10-19/h7-8,11-15,19,24H,4-6,9-10,16H2,1-3H3. The number of nitrogens with zero attached hydrogens (tertiary/aromatic N) is 1. The normalized spacial score (nSPS) is 14.4. The summed E-state index contributed by atoms with van der Waals surface area (Å²) in [6, 6.07) is 11.7. The molecule has 0 radical (unpaired) electrons. The van der Waals surface area contributed by atoms with Crippen LogP contribution in [0.2, 0.25) is 0 Å². The Kier molecular flexibility index (Phi) is 7.56. The van der Waals surface area contributed by atoms with Gasteiger partial charge in [-0.15, -0.1) is 0 Å². The Hall–Kier alpha value is -2.58. The Balaban J connectivity index is 1.78. The van der Waals surface area contributed by atoms with Gasteiger partial charge >= 0.3 is 0 Å². The number of hydrogen-bond acceptors (Lipinski definition) is 5. The fourth-order valence-electron chi connectivity index (χ4n) is 3.84. The van der Waals surface area contributed by atoms with Crippen molar-refractivity contribution in [3.8, 4) is 11.5 Å². The lowest BCUT2D eigenvalue weighted by molar-refractivity contribution is 0.0752. The van der Waals surface area contributed by atoms with Crippen molar-refractivity contribution in [2.24, 2.45) is 0 Å². The molecule has 0 aliphatic heterocycles. The van der Waals surface area contributed by atoms with Gasteiger partial charge in [0.05, 0.1) is 19.1 Å². The molecule has 31 heavy (non-hydrogen) atoms. The van der Waals surface area contributed by atoms with Crippen LogP contribution in [0.5, 0.6) is 11.5 Å². The lowest BCUT2D eigenvalue weighted by Crippen LogP contribution is -2.33. The molecule has 0 aromatic heterocycles. The first-order valence-corrected chi connectivity index (χ1v) is 12.0. The number of methoxy groups -OCH3 is 2. The van der Waals surface area contributed by atoms with E-state index in [2.05, 4.69) is 4.72 Å². The second-order valence-corrected chi connectivity index (χ2v) is 9.35. The van der Waals surface area contributed by atoms with Crippen molar-refractivity contribution in [1.82, 2.24) is 9.62 Å². The zero-order valence-electron chi connectivity index (χ0n) is 18.3. The molecule has 7 nitrogen and oxygen atoms in total. The van der Waals surface area contributed by atoms with Crippen LogP contribution in [0.15, 0.2) is 47.4 Å². The average Bonchev–Trinajstić information content (AvgIpc) is 3.29. The zero-order chi connectivity index (χ0) is 22.4. The quantitative estimate of drug-likeness (QED) is 0.636. The van der Waals surface area contributed by atoms with E-state index in [-0.39, 0.29) is 16.8 Å². The molecule has 1 aliphatic rings. The van der Waals surface area contributed by atoms with Crippen molar-refractivity contribution in [1.29, 1.82) is 0 Å². The van der Waals surface area contributed by atoms with E-state index in [1.807, 2.05) is 19.1 Å². The lowest BCUT2D eigenvalue weighted by atomic mass is 10.1. The smallest absolute Gasteiger partial charge is 0.254 e. The Labute approximate surface area is 184 Å². The molecule has 2 aromatic carbocycles. The van der Waals surface area contributed by atoms with E-state index in [1.165, 1.54) is 12.1 Å². The highest BCUT2D eigenvalue weighted by atomic mass is 32.2. The van der Waals surface area contributed by atoms with Crippen molar-refractivity contribution in [3.05, 3.63) is 53.6 Å². The van der Waals surface area contributed by atoms with Crippen LogP contribution in [-0.2, 0) is 16.6 Å². The summed E-state index contributed by atoms with van der Waals surface area (Å²) < 4.78 is 38.9. The van der Waals surface area contributed by atoms with Gasteiger partial charge in [-0.3, -0.25) is 4.79 Å². The Morgan fingerprint density at radius 3 is 2.42 bits per heavy atom. The maximum absolute atomic E-state index is 13.1. The number of carbonyl (C=O) groups is 1. The third-order valence-corrected chi connectivity index (χ3v) is 7.08. The summed E-state index contributed by atoms with van der Waals surface area (Å²) in [6.07, 6.45) is 3.78. The van der Waals surface area contributed by atoms with Gasteiger partial charge in [0.1, 0.15) is 0 Å². The predicted molar refractivity (Wildman–Crippen MR) is 119 cm³/mol. The van der Waals surface area contributed by atoms with Crippen molar-refractivity contribution >= 4 is 15.9 Å². The molecule has 0 unspecified atom stereocenters. The van der Waals surface area contributed by atoms with E-state index < -0.39 is 10.0 Å². The number of carbonyl (C=O) groups excluding carboxylic acids is 1. The molecule has 1 aliphatic carbocycles. The van der Waals surface area contributed by atoms with Crippen LogP contribution in [0, 0.1) is 0 Å². The van der Waals surface area contributed by atoms with Gasteiger partial charge in [0.2, 0.25) is 10.0 Å². The first kappa shape index (κ1) is 23.1. The molecule has 1 saturated carbocycles. The molecule has 2 aromatic rings. The minimum absolute atomic E-state index is 0.0263. The summed E-state index contributed by atoms with van der Waals surface area (Å²) in [5, 5.41) is 0. The largest absolute Gasteiger partial charge is 0.493 e. The van der Waals surface area contributed by atoms with Gasteiger partial charge in [-0.2, -0.15) is 0 Å². The van der Waals surface area contributed by atoms with Crippen LogP contribution in [0.4, 0.5) is 0 Å². The number of rotatable bonds is 9. The molecule has 1 fully saturated rings. The van der Waals surface area contributed by atoms with Gasteiger partial charge in [-0.25, -0.2) is 13.1 Å². The minimum atomic E-state index is -3.66. The summed E-state index contributed by atoms with van der Waals surface area (Å²) >= 11 is 0. The maximum Gasteiger partial charge on any atom is 0.254 e. The highest BCUT2D eigenvalue weighted by Gasteiger charge is 2.24. The summed E-state index contributed by atoms with van der Waals surface area (Å²) in [6.45, 7) is 2.73. The third kappa shape index (κ3) is 5.57. The average molecular weight is 447 g/mol. The molecule has 168 valence electrons. The van der Waals surface area contributed by atoms with Crippen LogP contribution < -0.4 is 14.2 Å². The summed E-state index contributed by atoms with van der Waals surface area (Å²) in [5.41, 5.74) is 1.23. The zero-order valence-corrected chi connectivity index (χ0v) is 19.1. The number of ether oxygens (including phenoxy) is 2. The van der Waals surface area contributed by atoms with Gasteiger partial charge in [0.25, 0.3) is 5.91 Å². The van der Waals surface area contributed by atoms with Gasteiger partial charge in [0, 0.05) is 24.7 Å². The Morgan fingerprint density at radius 1 is 1.06 bits per heavy atom. The van der Waals surface area contributed by atoms with E-state index in [9.17, 15) is 13.2 Å². The molecule has 0 spiro atoms. The molecule has 0 bridgehead atoms. The second kappa shape index (κ2) is 10.2. The molecule has 0 atom stereocenters. The van der Waals surface area contributed by atoms with Crippen LogP contribution in [-0.4, -0.2) is 46.0 Å². The van der Waals surface area contributed by atoms with E-state index in [4.69, 9.17) is 9.47 Å². The fraction of sp³-hybridized carbons (Fsp3) is 0.435. The number of amides is 1. The summed E-state index contributed by atoms with van der Waals surface area (Å²) in [4.78, 5) is 14.9. The van der Waals surface area contributed by atoms with Crippen LogP contribution in [0.1, 0.15) is 48.5 Å². The first-order chi connectivity index (χ1) is 14.9. The molecule has 0 saturated heterocycles. The number of hydrogen-bond donors (Lipinski definition) is 1. The topological polar surface area (TPSA) is 84.9 Å². The first-order valence-electron chi connectivity index (χ1n) is 10.5. The van der Waals surface area contributed by atoms with Crippen LogP contribution in [0.3, 0.4) is 0 Å². The van der Waals surface area contributed by atoms with Crippen molar-refractivity contribution in [3.63, 3.8) is 0 Å². The highest BCUT2D eigenvalue weighted by Crippen LogP contribution is 2.28. The minimum Gasteiger partial charge on any atom is -0.493 e. The lowest BCUT2D eigenvalue weighted by Gasteiger charge is -2.22. The van der Waals surface area contributed by atoms with E-state index >= 15 is 0 Å². The predicted octanol–water partition coefficient (Wildman–Crippen LogP) is 3.59. The second-order valence-electron chi connectivity index (χ2n) is 7.64. The monoisotopic (exact) mass is 446 g/mol. The molecular formula is C23H30N2O5S. The molecule has 1 amide bonds. The van der Waals surface area contributed by atoms with Crippen LogP contribution in [0.25, 0.3) is 0 Å².